The Bertz CT molecular complexity index is 1370. The van der Waals surface area contributed by atoms with Crippen LogP contribution in [-0.2, 0) is 26.2 Å². The first-order chi connectivity index (χ1) is 18.6. The number of ether oxygens (including phenoxy) is 1. The van der Waals surface area contributed by atoms with Crippen LogP contribution in [0.3, 0.4) is 0 Å². The molecule has 208 valence electrons. The summed E-state index contributed by atoms with van der Waals surface area (Å²) in [4.78, 5) is 28.1. The van der Waals surface area contributed by atoms with Crippen molar-refractivity contribution in [1.29, 1.82) is 0 Å². The minimum absolute atomic E-state index is 0.0311. The fourth-order valence-electron chi connectivity index (χ4n) is 3.83. The summed E-state index contributed by atoms with van der Waals surface area (Å²) in [5.41, 5.74) is 1.09. The molecule has 0 aliphatic heterocycles. The van der Waals surface area contributed by atoms with Gasteiger partial charge in [-0.2, -0.15) is 0 Å². The van der Waals surface area contributed by atoms with Gasteiger partial charge >= 0.3 is 0 Å². The van der Waals surface area contributed by atoms with Crippen molar-refractivity contribution in [2.24, 2.45) is 0 Å². The molecule has 3 aromatic rings. The molecular weight excluding hydrogens is 650 g/mol. The van der Waals surface area contributed by atoms with Gasteiger partial charge in [0.2, 0.25) is 11.8 Å². The van der Waals surface area contributed by atoms with Gasteiger partial charge in [-0.15, -0.1) is 0 Å². The van der Waals surface area contributed by atoms with E-state index in [0.717, 1.165) is 18.8 Å². The van der Waals surface area contributed by atoms with E-state index in [2.05, 4.69) is 37.2 Å². The molecule has 0 spiro atoms. The summed E-state index contributed by atoms with van der Waals surface area (Å²) >= 11 is 6.74. The van der Waals surface area contributed by atoms with Crippen molar-refractivity contribution in [3.8, 4) is 5.75 Å². The molecule has 0 bridgehead atoms. The van der Waals surface area contributed by atoms with Crippen LogP contribution in [0.25, 0.3) is 0 Å². The van der Waals surface area contributed by atoms with Crippen molar-refractivity contribution in [2.75, 3.05) is 24.0 Å². The highest BCUT2D eigenvalue weighted by atomic mass is 79.9. The normalized spacial score (nSPS) is 11.9. The van der Waals surface area contributed by atoms with E-state index in [0.29, 0.717) is 24.6 Å². The van der Waals surface area contributed by atoms with Crippen LogP contribution in [0.4, 0.5) is 5.69 Å². The molecule has 1 N–H and O–H groups in total. The number of halogens is 2. The van der Waals surface area contributed by atoms with Gasteiger partial charge in [0.15, 0.2) is 0 Å². The Morgan fingerprint density at radius 1 is 0.897 bits per heavy atom. The molecular formula is C28H31Br2N3O5S. The fraction of sp³-hybridized carbons (Fsp3) is 0.286. The first-order valence-corrected chi connectivity index (χ1v) is 15.4. The monoisotopic (exact) mass is 679 g/mol. The molecule has 0 aliphatic rings. The number of sulfonamides is 1. The molecule has 39 heavy (non-hydrogen) atoms. The van der Waals surface area contributed by atoms with Gasteiger partial charge in [0, 0.05) is 22.0 Å². The van der Waals surface area contributed by atoms with Crippen molar-refractivity contribution >= 4 is 59.4 Å². The summed E-state index contributed by atoms with van der Waals surface area (Å²) in [6.45, 7) is 5.76. The van der Waals surface area contributed by atoms with E-state index >= 15 is 0 Å². The van der Waals surface area contributed by atoms with E-state index in [1.807, 2.05) is 31.2 Å². The second-order valence-electron chi connectivity index (χ2n) is 8.61. The van der Waals surface area contributed by atoms with Crippen LogP contribution in [-0.4, -0.2) is 50.9 Å². The van der Waals surface area contributed by atoms with Crippen molar-refractivity contribution in [2.45, 2.75) is 38.3 Å². The smallest absolute Gasteiger partial charge is 0.264 e. The summed E-state index contributed by atoms with van der Waals surface area (Å²) < 4.78 is 35.8. The highest BCUT2D eigenvalue weighted by molar-refractivity contribution is 9.10. The molecule has 8 nitrogen and oxygen atoms in total. The maximum Gasteiger partial charge on any atom is 0.264 e. The van der Waals surface area contributed by atoms with Crippen LogP contribution in [0, 0.1) is 0 Å². The Morgan fingerprint density at radius 3 is 2.00 bits per heavy atom. The number of hydrogen-bond donors (Lipinski definition) is 1. The number of carbonyl (C=O) groups excluding carboxylic acids is 2. The molecule has 0 saturated heterocycles. The van der Waals surface area contributed by atoms with Crippen molar-refractivity contribution in [3.05, 3.63) is 87.3 Å². The van der Waals surface area contributed by atoms with Gasteiger partial charge in [-0.3, -0.25) is 13.9 Å². The van der Waals surface area contributed by atoms with E-state index in [1.54, 1.807) is 50.2 Å². The number of nitrogens with one attached hydrogen (secondary N) is 1. The van der Waals surface area contributed by atoms with Crippen LogP contribution in [0.2, 0.25) is 0 Å². The van der Waals surface area contributed by atoms with Gasteiger partial charge in [-0.25, -0.2) is 8.42 Å². The quantitative estimate of drug-likeness (QED) is 0.278. The Balaban J connectivity index is 2.02. The van der Waals surface area contributed by atoms with Crippen LogP contribution in [0.1, 0.15) is 26.3 Å². The van der Waals surface area contributed by atoms with Crippen LogP contribution >= 0.6 is 31.9 Å². The van der Waals surface area contributed by atoms with Gasteiger partial charge in [0.05, 0.1) is 17.2 Å². The molecule has 0 radical (unpaired) electrons. The third-order valence-corrected chi connectivity index (χ3v) is 8.75. The molecule has 0 heterocycles. The maximum absolute atomic E-state index is 13.8. The summed E-state index contributed by atoms with van der Waals surface area (Å²) in [7, 11) is -4.14. The number of carbonyl (C=O) groups is 2. The minimum atomic E-state index is -4.14. The third kappa shape index (κ3) is 8.06. The van der Waals surface area contributed by atoms with Crippen LogP contribution in [0.5, 0.6) is 5.75 Å². The number of amides is 2. The molecule has 3 rings (SSSR count). The molecule has 0 saturated carbocycles. The Kier molecular flexibility index (Phi) is 11.0. The van der Waals surface area contributed by atoms with Gasteiger partial charge in [0.25, 0.3) is 10.0 Å². The van der Waals surface area contributed by atoms with E-state index in [1.165, 1.54) is 17.0 Å². The lowest BCUT2D eigenvalue weighted by atomic mass is 10.1. The van der Waals surface area contributed by atoms with Crippen molar-refractivity contribution < 1.29 is 22.7 Å². The van der Waals surface area contributed by atoms with Gasteiger partial charge in [-0.1, -0.05) is 44.0 Å². The topological polar surface area (TPSA) is 96.0 Å². The molecule has 11 heteroatoms. The maximum atomic E-state index is 13.8. The first-order valence-electron chi connectivity index (χ1n) is 12.4. The van der Waals surface area contributed by atoms with Crippen LogP contribution in [0.15, 0.2) is 86.6 Å². The molecule has 3 aromatic carbocycles. The average molecular weight is 681 g/mol. The lowest BCUT2D eigenvalue weighted by Gasteiger charge is -2.32. The minimum Gasteiger partial charge on any atom is -0.494 e. The van der Waals surface area contributed by atoms with Gasteiger partial charge < -0.3 is 15.0 Å². The third-order valence-electron chi connectivity index (χ3n) is 5.90. The van der Waals surface area contributed by atoms with E-state index < -0.39 is 28.5 Å². The molecule has 1 atom stereocenters. The molecule has 0 fully saturated rings. The van der Waals surface area contributed by atoms with Gasteiger partial charge in [0.1, 0.15) is 18.3 Å². The summed E-state index contributed by atoms with van der Waals surface area (Å²) in [6, 6.07) is 19.3. The average Bonchev–Trinajstić information content (AvgIpc) is 2.92. The number of benzene rings is 3. The standard InChI is InChI=1S/C28H31Br2N3O5S/c1-4-31-28(35)20(3)32(18-21-6-8-22(29)9-7-21)27(34)19-33(24-12-14-25(15-13-24)38-5-2)39(36,37)26-16-10-23(30)11-17-26/h6-17,20H,4-5,18-19H2,1-3H3,(H,31,35)/t20-/m0/s1. The lowest BCUT2D eigenvalue weighted by molar-refractivity contribution is -0.139. The van der Waals surface area contributed by atoms with Crippen molar-refractivity contribution in [1.82, 2.24) is 10.2 Å². The Hall–Kier alpha value is -2.89. The van der Waals surface area contributed by atoms with Crippen molar-refractivity contribution in [3.63, 3.8) is 0 Å². The molecule has 0 aromatic heterocycles. The summed E-state index contributed by atoms with van der Waals surface area (Å²) in [5.74, 6) is -0.270. The van der Waals surface area contributed by atoms with Crippen LogP contribution < -0.4 is 14.4 Å². The fourth-order valence-corrected chi connectivity index (χ4v) is 5.77. The number of likely N-dealkylation sites (N-methyl/N-ethyl adjacent to an activating group) is 1. The Morgan fingerprint density at radius 2 is 1.46 bits per heavy atom. The largest absolute Gasteiger partial charge is 0.494 e. The second kappa shape index (κ2) is 14.0. The zero-order chi connectivity index (χ0) is 28.6. The predicted octanol–water partition coefficient (Wildman–Crippen LogP) is 5.36. The highest BCUT2D eigenvalue weighted by Crippen LogP contribution is 2.27. The van der Waals surface area contributed by atoms with E-state index in [4.69, 9.17) is 4.74 Å². The number of rotatable bonds is 12. The lowest BCUT2D eigenvalue weighted by Crippen LogP contribution is -2.51. The number of anilines is 1. The number of nitrogens with zero attached hydrogens (tertiary/aromatic N) is 2. The zero-order valence-electron chi connectivity index (χ0n) is 21.9. The summed E-state index contributed by atoms with van der Waals surface area (Å²) in [6.07, 6.45) is 0. The highest BCUT2D eigenvalue weighted by Gasteiger charge is 2.32. The molecule has 0 unspecified atom stereocenters. The Labute approximate surface area is 246 Å². The SMILES string of the molecule is CCNC(=O)[C@H](C)N(Cc1ccc(Br)cc1)C(=O)CN(c1ccc(OCC)cc1)S(=O)(=O)c1ccc(Br)cc1. The first kappa shape index (κ1) is 30.6. The zero-order valence-corrected chi connectivity index (χ0v) is 25.9. The van der Waals surface area contributed by atoms with E-state index in [9.17, 15) is 18.0 Å². The number of hydrogen-bond acceptors (Lipinski definition) is 5. The summed E-state index contributed by atoms with van der Waals surface area (Å²) in [5, 5.41) is 2.75. The van der Waals surface area contributed by atoms with E-state index in [-0.39, 0.29) is 17.3 Å². The van der Waals surface area contributed by atoms with Gasteiger partial charge in [-0.05, 0) is 87.0 Å². The second-order valence-corrected chi connectivity index (χ2v) is 12.3. The predicted molar refractivity (Wildman–Crippen MR) is 159 cm³/mol. The molecule has 2 amide bonds. The molecule has 0 aliphatic carbocycles.